The minimum atomic E-state index is -0.398. The number of nitrogens with zero attached hydrogens (tertiary/aromatic N) is 1. The zero-order valence-electron chi connectivity index (χ0n) is 10.3. The Kier molecular flexibility index (Phi) is 5.21. The molecule has 0 saturated carbocycles. The quantitative estimate of drug-likeness (QED) is 0.282. The van der Waals surface area contributed by atoms with Gasteiger partial charge < -0.3 is 21.0 Å². The smallest absolute Gasteiger partial charge is 0.226 e. The molecule has 0 aromatic carbocycles. The number of nitrogens with one attached hydrogen (secondary N) is 1. The average Bonchev–Trinajstić information content (AvgIpc) is 2.73. The number of amides is 1. The molecule has 0 aromatic rings. The molecule has 0 radical (unpaired) electrons. The van der Waals surface area contributed by atoms with Gasteiger partial charge in [0.25, 0.3) is 0 Å². The van der Waals surface area contributed by atoms with Crippen molar-refractivity contribution in [2.24, 2.45) is 16.8 Å². The maximum Gasteiger partial charge on any atom is 0.226 e. The number of hydrogen-bond acceptors (Lipinski definition) is 4. The van der Waals surface area contributed by atoms with Crippen LogP contribution in [-0.4, -0.2) is 35.7 Å². The summed E-state index contributed by atoms with van der Waals surface area (Å²) in [5, 5.41) is 14.4. The second-order valence-corrected chi connectivity index (χ2v) is 4.35. The van der Waals surface area contributed by atoms with E-state index in [0.717, 1.165) is 12.8 Å². The van der Waals surface area contributed by atoms with E-state index in [2.05, 4.69) is 10.5 Å². The van der Waals surface area contributed by atoms with Crippen LogP contribution in [0.1, 0.15) is 33.1 Å². The third-order valence-corrected chi connectivity index (χ3v) is 3.08. The van der Waals surface area contributed by atoms with Crippen LogP contribution in [0.3, 0.4) is 0 Å². The Hall–Kier alpha value is -1.30. The minimum Gasteiger partial charge on any atom is -0.409 e. The van der Waals surface area contributed by atoms with E-state index in [1.807, 2.05) is 13.8 Å². The predicted octanol–water partition coefficient (Wildman–Crippen LogP) is 0.443. The zero-order chi connectivity index (χ0) is 12.8. The van der Waals surface area contributed by atoms with Crippen molar-refractivity contribution in [1.29, 1.82) is 0 Å². The van der Waals surface area contributed by atoms with Gasteiger partial charge in [-0.15, -0.1) is 0 Å². The number of oxime groups is 1. The molecular weight excluding hydrogens is 222 g/mol. The maximum atomic E-state index is 12.0. The summed E-state index contributed by atoms with van der Waals surface area (Å²) >= 11 is 0. The minimum absolute atomic E-state index is 0.0479. The summed E-state index contributed by atoms with van der Waals surface area (Å²) in [7, 11) is 0. The fourth-order valence-corrected chi connectivity index (χ4v) is 2.01. The monoisotopic (exact) mass is 243 g/mol. The molecule has 1 amide bonds. The van der Waals surface area contributed by atoms with Crippen LogP contribution in [0.5, 0.6) is 0 Å². The molecule has 6 nitrogen and oxygen atoms in total. The van der Waals surface area contributed by atoms with E-state index in [9.17, 15) is 4.79 Å². The van der Waals surface area contributed by atoms with E-state index in [4.69, 9.17) is 15.7 Å². The Balaban J connectivity index is 2.57. The van der Waals surface area contributed by atoms with Gasteiger partial charge in [0.2, 0.25) is 5.91 Å². The number of carbonyl (C=O) groups is 1. The van der Waals surface area contributed by atoms with E-state index in [1.54, 1.807) is 0 Å². The molecule has 3 atom stereocenters. The standard InChI is InChI=1S/C11H21N3O3/c1-3-4-9(10(12)14-16)13-11(15)8-5-6-17-7(8)2/h7-9,16H,3-6H2,1-2H3,(H2,12,14)(H,13,15). The summed E-state index contributed by atoms with van der Waals surface area (Å²) < 4.78 is 5.34. The first-order valence-corrected chi connectivity index (χ1v) is 5.99. The topological polar surface area (TPSA) is 96.9 Å². The summed E-state index contributed by atoms with van der Waals surface area (Å²) in [6.07, 6.45) is 2.16. The van der Waals surface area contributed by atoms with Gasteiger partial charge in [0, 0.05) is 6.61 Å². The molecule has 3 unspecified atom stereocenters. The van der Waals surface area contributed by atoms with Crippen molar-refractivity contribution in [1.82, 2.24) is 5.32 Å². The van der Waals surface area contributed by atoms with Crippen LogP contribution in [0.25, 0.3) is 0 Å². The summed E-state index contributed by atoms with van der Waals surface area (Å²) in [6.45, 7) is 4.47. The predicted molar refractivity (Wildman–Crippen MR) is 63.8 cm³/mol. The summed E-state index contributed by atoms with van der Waals surface area (Å²) in [6, 6.07) is -0.398. The van der Waals surface area contributed by atoms with Crippen LogP contribution in [0, 0.1) is 5.92 Å². The van der Waals surface area contributed by atoms with Crippen molar-refractivity contribution in [2.45, 2.75) is 45.3 Å². The van der Waals surface area contributed by atoms with Gasteiger partial charge in [0.05, 0.1) is 18.1 Å². The lowest BCUT2D eigenvalue weighted by atomic mass is 10.0. The Bertz CT molecular complexity index is 294. The van der Waals surface area contributed by atoms with E-state index in [1.165, 1.54) is 0 Å². The third kappa shape index (κ3) is 3.59. The molecule has 1 rings (SSSR count). The number of ether oxygens (including phenoxy) is 1. The molecule has 0 spiro atoms. The number of rotatable bonds is 5. The van der Waals surface area contributed by atoms with Crippen LogP contribution in [0.2, 0.25) is 0 Å². The number of carbonyl (C=O) groups excluding carboxylic acids is 1. The van der Waals surface area contributed by atoms with Gasteiger partial charge in [-0.05, 0) is 19.8 Å². The first kappa shape index (κ1) is 13.8. The number of nitrogens with two attached hydrogens (primary N) is 1. The Labute approximate surface area is 101 Å². The van der Waals surface area contributed by atoms with Gasteiger partial charge in [-0.25, -0.2) is 0 Å². The second kappa shape index (κ2) is 6.44. The van der Waals surface area contributed by atoms with Crippen molar-refractivity contribution >= 4 is 11.7 Å². The Morgan fingerprint density at radius 3 is 2.88 bits per heavy atom. The fourth-order valence-electron chi connectivity index (χ4n) is 2.01. The largest absolute Gasteiger partial charge is 0.409 e. The van der Waals surface area contributed by atoms with Gasteiger partial charge in [0.1, 0.15) is 0 Å². The summed E-state index contributed by atoms with van der Waals surface area (Å²) in [5.74, 6) is -0.173. The van der Waals surface area contributed by atoms with Crippen molar-refractivity contribution in [3.05, 3.63) is 0 Å². The fraction of sp³-hybridized carbons (Fsp3) is 0.818. The van der Waals surface area contributed by atoms with Crippen molar-refractivity contribution < 1.29 is 14.7 Å². The summed E-state index contributed by atoms with van der Waals surface area (Å²) in [4.78, 5) is 12.0. The third-order valence-electron chi connectivity index (χ3n) is 3.08. The lowest BCUT2D eigenvalue weighted by Crippen LogP contribution is -2.47. The highest BCUT2D eigenvalue weighted by Gasteiger charge is 2.32. The maximum absolute atomic E-state index is 12.0. The molecular formula is C11H21N3O3. The van der Waals surface area contributed by atoms with E-state index >= 15 is 0 Å². The SMILES string of the molecule is CCCC(NC(=O)C1CCOC1C)C(N)=NO. The molecule has 6 heteroatoms. The van der Waals surface area contributed by atoms with E-state index in [0.29, 0.717) is 13.0 Å². The van der Waals surface area contributed by atoms with Crippen LogP contribution in [0.4, 0.5) is 0 Å². The Morgan fingerprint density at radius 2 is 2.41 bits per heavy atom. The van der Waals surface area contributed by atoms with E-state index in [-0.39, 0.29) is 23.8 Å². The Morgan fingerprint density at radius 1 is 1.71 bits per heavy atom. The molecule has 0 aliphatic carbocycles. The van der Waals surface area contributed by atoms with Crippen molar-refractivity contribution in [3.63, 3.8) is 0 Å². The highest BCUT2D eigenvalue weighted by atomic mass is 16.5. The van der Waals surface area contributed by atoms with Gasteiger partial charge in [0.15, 0.2) is 5.84 Å². The molecule has 1 fully saturated rings. The molecule has 0 aromatic heterocycles. The zero-order valence-corrected chi connectivity index (χ0v) is 10.3. The van der Waals surface area contributed by atoms with Crippen LogP contribution < -0.4 is 11.1 Å². The van der Waals surface area contributed by atoms with Gasteiger partial charge >= 0.3 is 0 Å². The second-order valence-electron chi connectivity index (χ2n) is 4.35. The van der Waals surface area contributed by atoms with Gasteiger partial charge in [-0.2, -0.15) is 0 Å². The first-order chi connectivity index (χ1) is 8.10. The molecule has 17 heavy (non-hydrogen) atoms. The molecule has 1 aliphatic heterocycles. The lowest BCUT2D eigenvalue weighted by Gasteiger charge is -2.20. The molecule has 1 aliphatic rings. The number of hydrogen-bond donors (Lipinski definition) is 3. The molecule has 4 N–H and O–H groups in total. The van der Waals surface area contributed by atoms with Crippen LogP contribution >= 0.6 is 0 Å². The molecule has 1 heterocycles. The van der Waals surface area contributed by atoms with Gasteiger partial charge in [-0.1, -0.05) is 18.5 Å². The molecule has 98 valence electrons. The molecule has 0 bridgehead atoms. The summed E-state index contributed by atoms with van der Waals surface area (Å²) in [5.41, 5.74) is 5.54. The lowest BCUT2D eigenvalue weighted by molar-refractivity contribution is -0.126. The molecule has 1 saturated heterocycles. The van der Waals surface area contributed by atoms with Crippen LogP contribution in [-0.2, 0) is 9.53 Å². The highest BCUT2D eigenvalue weighted by Crippen LogP contribution is 2.20. The van der Waals surface area contributed by atoms with Crippen molar-refractivity contribution in [3.8, 4) is 0 Å². The normalized spacial score (nSPS) is 26.8. The van der Waals surface area contributed by atoms with Gasteiger partial charge in [-0.3, -0.25) is 4.79 Å². The first-order valence-electron chi connectivity index (χ1n) is 5.99. The average molecular weight is 243 g/mol. The highest BCUT2D eigenvalue weighted by molar-refractivity contribution is 5.90. The van der Waals surface area contributed by atoms with Crippen LogP contribution in [0.15, 0.2) is 5.16 Å². The van der Waals surface area contributed by atoms with E-state index < -0.39 is 6.04 Å². The number of amidine groups is 1. The van der Waals surface area contributed by atoms with Crippen molar-refractivity contribution in [2.75, 3.05) is 6.61 Å².